The van der Waals surface area contributed by atoms with Crippen molar-refractivity contribution in [1.29, 1.82) is 0 Å². The zero-order valence-electron chi connectivity index (χ0n) is 18.0. The fourth-order valence-electron chi connectivity index (χ4n) is 3.04. The number of aliphatic imine (C=N–C) groups is 1. The van der Waals surface area contributed by atoms with Crippen molar-refractivity contribution in [1.82, 2.24) is 20.7 Å². The van der Waals surface area contributed by atoms with Crippen LogP contribution in [0.1, 0.15) is 64.8 Å². The lowest BCUT2D eigenvalue weighted by atomic mass is 9.98. The molecule has 0 bridgehead atoms. The van der Waals surface area contributed by atoms with Crippen LogP contribution in [0.25, 0.3) is 0 Å². The number of carbonyl (C=O) groups is 1. The van der Waals surface area contributed by atoms with E-state index in [-0.39, 0.29) is 6.09 Å². The van der Waals surface area contributed by atoms with Gasteiger partial charge in [0.15, 0.2) is 11.7 Å². The molecule has 158 valence electrons. The Morgan fingerprint density at radius 3 is 2.79 bits per heavy atom. The maximum absolute atomic E-state index is 12.3. The molecule has 0 spiro atoms. The number of nitrogens with zero attached hydrogens (tertiary/aromatic N) is 3. The number of rotatable bonds is 5. The van der Waals surface area contributed by atoms with Gasteiger partial charge in [-0.05, 0) is 45.4 Å². The molecular weight excluding hydrogens is 358 g/mol. The van der Waals surface area contributed by atoms with Gasteiger partial charge in [0.05, 0.1) is 12.2 Å². The molecule has 0 radical (unpaired) electrons. The fourth-order valence-corrected chi connectivity index (χ4v) is 3.04. The van der Waals surface area contributed by atoms with Gasteiger partial charge < -0.3 is 24.8 Å². The number of aromatic nitrogens is 1. The topological polar surface area (TPSA) is 92.0 Å². The van der Waals surface area contributed by atoms with Crippen molar-refractivity contribution in [3.63, 3.8) is 0 Å². The number of ether oxygens (including phenoxy) is 1. The molecule has 8 heteroatoms. The molecule has 2 N–H and O–H groups in total. The number of guanidine groups is 1. The Labute approximate surface area is 168 Å². The summed E-state index contributed by atoms with van der Waals surface area (Å²) >= 11 is 0. The summed E-state index contributed by atoms with van der Waals surface area (Å²) < 4.78 is 10.8. The largest absolute Gasteiger partial charge is 0.444 e. The Morgan fingerprint density at radius 2 is 2.18 bits per heavy atom. The van der Waals surface area contributed by atoms with Crippen LogP contribution in [0.15, 0.2) is 15.6 Å². The molecule has 0 aliphatic carbocycles. The standard InChI is InChI=1S/C20H35N5O3/c1-14(2)17-10-16(28-24-17)12-23-18(21-6)22-11-15-8-7-9-25(13-15)19(26)27-20(3,4)5/h10,14-15H,7-9,11-13H2,1-6H3,(H2,21,22,23). The Hall–Kier alpha value is -2.25. The zero-order chi connectivity index (χ0) is 20.7. The normalized spacial score (nSPS) is 18.3. The zero-order valence-corrected chi connectivity index (χ0v) is 18.0. The van der Waals surface area contributed by atoms with Crippen LogP contribution in [0.3, 0.4) is 0 Å². The van der Waals surface area contributed by atoms with Crippen molar-refractivity contribution in [2.24, 2.45) is 10.9 Å². The van der Waals surface area contributed by atoms with E-state index in [0.29, 0.717) is 30.9 Å². The van der Waals surface area contributed by atoms with Gasteiger partial charge in [-0.15, -0.1) is 0 Å². The van der Waals surface area contributed by atoms with Crippen LogP contribution in [0.4, 0.5) is 4.79 Å². The molecule has 2 rings (SSSR count). The molecule has 28 heavy (non-hydrogen) atoms. The maximum atomic E-state index is 12.3. The molecule has 1 atom stereocenters. The van der Waals surface area contributed by atoms with Crippen molar-refractivity contribution in [2.75, 3.05) is 26.7 Å². The van der Waals surface area contributed by atoms with E-state index in [1.54, 1.807) is 11.9 Å². The molecule has 2 heterocycles. The third-order valence-corrected chi connectivity index (χ3v) is 4.55. The minimum Gasteiger partial charge on any atom is -0.444 e. The first-order chi connectivity index (χ1) is 13.2. The van der Waals surface area contributed by atoms with Gasteiger partial charge in [0.25, 0.3) is 0 Å². The van der Waals surface area contributed by atoms with Crippen LogP contribution in [-0.4, -0.2) is 54.4 Å². The molecule has 1 fully saturated rings. The third-order valence-electron chi connectivity index (χ3n) is 4.55. The molecule has 0 saturated carbocycles. The van der Waals surface area contributed by atoms with Gasteiger partial charge in [0.2, 0.25) is 0 Å². The first-order valence-electron chi connectivity index (χ1n) is 10.1. The van der Waals surface area contributed by atoms with Crippen LogP contribution in [0.5, 0.6) is 0 Å². The van der Waals surface area contributed by atoms with Crippen LogP contribution < -0.4 is 10.6 Å². The number of piperidine rings is 1. The summed E-state index contributed by atoms with van der Waals surface area (Å²) in [6.45, 7) is 12.6. The van der Waals surface area contributed by atoms with E-state index in [9.17, 15) is 4.79 Å². The molecule has 1 saturated heterocycles. The number of amides is 1. The van der Waals surface area contributed by atoms with E-state index >= 15 is 0 Å². The van der Waals surface area contributed by atoms with E-state index < -0.39 is 5.60 Å². The summed E-state index contributed by atoms with van der Waals surface area (Å²) in [4.78, 5) is 18.4. The molecule has 1 aliphatic heterocycles. The Kier molecular flexibility index (Phi) is 7.71. The summed E-state index contributed by atoms with van der Waals surface area (Å²) in [6, 6.07) is 1.96. The number of carbonyl (C=O) groups excluding carboxylic acids is 1. The first-order valence-corrected chi connectivity index (χ1v) is 10.1. The van der Waals surface area contributed by atoms with Gasteiger partial charge >= 0.3 is 6.09 Å². The second-order valence-corrected chi connectivity index (χ2v) is 8.61. The van der Waals surface area contributed by atoms with Crippen molar-refractivity contribution in [3.8, 4) is 0 Å². The molecule has 1 aromatic rings. The summed E-state index contributed by atoms with van der Waals surface area (Å²) in [5.74, 6) is 2.18. The summed E-state index contributed by atoms with van der Waals surface area (Å²) in [7, 11) is 1.74. The quantitative estimate of drug-likeness (QED) is 0.590. The van der Waals surface area contributed by atoms with E-state index in [1.165, 1.54) is 0 Å². The SMILES string of the molecule is CN=C(NCc1cc(C(C)C)no1)NCC1CCCN(C(=O)OC(C)(C)C)C1. The average Bonchev–Trinajstić information content (AvgIpc) is 3.10. The highest BCUT2D eigenvalue weighted by molar-refractivity contribution is 5.79. The number of hydrogen-bond acceptors (Lipinski definition) is 5. The first kappa shape index (κ1) is 22.0. The van der Waals surface area contributed by atoms with Crippen LogP contribution in [-0.2, 0) is 11.3 Å². The van der Waals surface area contributed by atoms with E-state index in [0.717, 1.165) is 37.4 Å². The van der Waals surface area contributed by atoms with Gasteiger partial charge in [-0.3, -0.25) is 4.99 Å². The monoisotopic (exact) mass is 393 g/mol. The highest BCUT2D eigenvalue weighted by atomic mass is 16.6. The molecule has 1 unspecified atom stereocenters. The lowest BCUT2D eigenvalue weighted by molar-refractivity contribution is 0.0168. The van der Waals surface area contributed by atoms with Crippen molar-refractivity contribution < 1.29 is 14.1 Å². The average molecular weight is 394 g/mol. The van der Waals surface area contributed by atoms with Crippen LogP contribution in [0, 0.1) is 5.92 Å². The number of likely N-dealkylation sites (tertiary alicyclic amines) is 1. The highest BCUT2D eigenvalue weighted by Gasteiger charge is 2.27. The predicted octanol–water partition coefficient (Wildman–Crippen LogP) is 3.11. The Morgan fingerprint density at radius 1 is 1.43 bits per heavy atom. The molecule has 1 aromatic heterocycles. The van der Waals surface area contributed by atoms with Gasteiger partial charge in [0.1, 0.15) is 5.60 Å². The van der Waals surface area contributed by atoms with Gasteiger partial charge in [-0.1, -0.05) is 19.0 Å². The second kappa shape index (κ2) is 9.80. The maximum Gasteiger partial charge on any atom is 0.410 e. The van der Waals surface area contributed by atoms with Crippen molar-refractivity contribution >= 4 is 12.1 Å². The van der Waals surface area contributed by atoms with Gasteiger partial charge in [0, 0.05) is 32.7 Å². The Bertz CT molecular complexity index is 663. The summed E-state index contributed by atoms with van der Waals surface area (Å²) in [6.07, 6.45) is 1.82. The lowest BCUT2D eigenvalue weighted by Crippen LogP contribution is -2.47. The predicted molar refractivity (Wildman–Crippen MR) is 109 cm³/mol. The van der Waals surface area contributed by atoms with Crippen LogP contribution in [0.2, 0.25) is 0 Å². The van der Waals surface area contributed by atoms with Crippen molar-refractivity contribution in [3.05, 3.63) is 17.5 Å². The highest BCUT2D eigenvalue weighted by Crippen LogP contribution is 2.19. The molecule has 1 aliphatic rings. The lowest BCUT2D eigenvalue weighted by Gasteiger charge is -2.34. The van der Waals surface area contributed by atoms with E-state index in [2.05, 4.69) is 34.6 Å². The number of hydrogen-bond donors (Lipinski definition) is 2. The van der Waals surface area contributed by atoms with E-state index in [4.69, 9.17) is 9.26 Å². The molecule has 8 nitrogen and oxygen atoms in total. The summed E-state index contributed by atoms with van der Waals surface area (Å²) in [5, 5.41) is 10.7. The van der Waals surface area contributed by atoms with Crippen LogP contribution >= 0.6 is 0 Å². The van der Waals surface area contributed by atoms with Gasteiger partial charge in [-0.25, -0.2) is 4.79 Å². The minimum absolute atomic E-state index is 0.231. The van der Waals surface area contributed by atoms with Crippen molar-refractivity contribution in [2.45, 2.75) is 65.5 Å². The Balaban J connectivity index is 1.78. The van der Waals surface area contributed by atoms with Gasteiger partial charge in [-0.2, -0.15) is 0 Å². The molecule has 0 aromatic carbocycles. The molecular formula is C20H35N5O3. The smallest absolute Gasteiger partial charge is 0.410 e. The fraction of sp³-hybridized carbons (Fsp3) is 0.750. The molecule has 1 amide bonds. The third kappa shape index (κ3) is 7.05. The number of nitrogens with one attached hydrogen (secondary N) is 2. The second-order valence-electron chi connectivity index (χ2n) is 8.61. The van der Waals surface area contributed by atoms with E-state index in [1.807, 2.05) is 26.8 Å². The summed E-state index contributed by atoms with van der Waals surface area (Å²) in [5.41, 5.74) is 0.480. The minimum atomic E-state index is -0.468.